The summed E-state index contributed by atoms with van der Waals surface area (Å²) in [6, 6.07) is 5.87. The lowest BCUT2D eigenvalue weighted by Crippen LogP contribution is -2.29. The van der Waals surface area contributed by atoms with E-state index >= 15 is 0 Å². The van der Waals surface area contributed by atoms with Crippen molar-refractivity contribution < 1.29 is 14.6 Å². The van der Waals surface area contributed by atoms with Crippen molar-refractivity contribution in [1.82, 2.24) is 0 Å². The maximum absolute atomic E-state index is 10.5. The Morgan fingerprint density at radius 3 is 2.90 bits per heavy atom. The van der Waals surface area contributed by atoms with Crippen molar-refractivity contribution in [2.45, 2.75) is 6.42 Å². The lowest BCUT2D eigenvalue weighted by molar-refractivity contribution is -0.131. The van der Waals surface area contributed by atoms with Gasteiger partial charge in [0, 0.05) is 30.7 Å². The van der Waals surface area contributed by atoms with Gasteiger partial charge in [-0.1, -0.05) is 12.1 Å². The molecule has 1 heterocycles. The van der Waals surface area contributed by atoms with E-state index in [-0.39, 0.29) is 0 Å². The zero-order valence-electron chi connectivity index (χ0n) is 11.9. The van der Waals surface area contributed by atoms with Crippen LogP contribution in [0.1, 0.15) is 12.0 Å². The number of benzene rings is 1. The molecule has 1 N–H and O–H groups in total. The number of rotatable bonds is 5. The van der Waals surface area contributed by atoms with E-state index in [1.165, 1.54) is 5.57 Å². The summed E-state index contributed by atoms with van der Waals surface area (Å²) >= 11 is 3.57. The SMILES string of the molecule is COCC1=CCN(c2ccc(/C=C/C(=O)O)cc2Br)CC1. The molecule has 0 amide bonds. The highest BCUT2D eigenvalue weighted by molar-refractivity contribution is 9.10. The van der Waals surface area contributed by atoms with E-state index in [0.29, 0.717) is 6.61 Å². The fourth-order valence-corrected chi connectivity index (χ4v) is 2.94. The summed E-state index contributed by atoms with van der Waals surface area (Å²) in [5.74, 6) is -0.943. The van der Waals surface area contributed by atoms with Crippen LogP contribution in [0.4, 0.5) is 5.69 Å². The maximum atomic E-state index is 10.5. The van der Waals surface area contributed by atoms with Gasteiger partial charge in [0.25, 0.3) is 0 Å². The predicted molar refractivity (Wildman–Crippen MR) is 87.6 cm³/mol. The second-order valence-electron chi connectivity index (χ2n) is 4.87. The van der Waals surface area contributed by atoms with Crippen LogP contribution in [0.2, 0.25) is 0 Å². The lowest BCUT2D eigenvalue weighted by atomic mass is 10.1. The number of methoxy groups -OCH3 is 1. The first-order chi connectivity index (χ1) is 10.1. The maximum Gasteiger partial charge on any atom is 0.328 e. The van der Waals surface area contributed by atoms with Crippen molar-refractivity contribution >= 4 is 33.7 Å². The number of carboxylic acid groups (broad SMARTS) is 1. The Kier molecular flexibility index (Phi) is 5.59. The summed E-state index contributed by atoms with van der Waals surface area (Å²) in [4.78, 5) is 12.8. The van der Waals surface area contributed by atoms with Gasteiger partial charge in [-0.15, -0.1) is 0 Å². The van der Waals surface area contributed by atoms with Crippen LogP contribution in [-0.4, -0.2) is 37.9 Å². The zero-order chi connectivity index (χ0) is 15.2. The molecule has 0 saturated carbocycles. The van der Waals surface area contributed by atoms with Crippen molar-refractivity contribution in [3.63, 3.8) is 0 Å². The highest BCUT2D eigenvalue weighted by Gasteiger charge is 2.14. The summed E-state index contributed by atoms with van der Waals surface area (Å²) in [5.41, 5.74) is 3.32. The minimum atomic E-state index is -0.943. The fraction of sp³-hybridized carbons (Fsp3) is 0.312. The Morgan fingerprint density at radius 1 is 1.52 bits per heavy atom. The van der Waals surface area contributed by atoms with E-state index in [1.54, 1.807) is 13.2 Å². The first kappa shape index (κ1) is 15.8. The Morgan fingerprint density at radius 2 is 2.33 bits per heavy atom. The summed E-state index contributed by atoms with van der Waals surface area (Å²) in [7, 11) is 1.72. The molecule has 4 nitrogen and oxygen atoms in total. The Bertz CT molecular complexity index is 581. The normalized spacial score (nSPS) is 15.3. The summed E-state index contributed by atoms with van der Waals surface area (Å²) in [6.45, 7) is 2.52. The molecule has 0 saturated heterocycles. The number of hydrogen-bond donors (Lipinski definition) is 1. The number of anilines is 1. The number of hydrogen-bond acceptors (Lipinski definition) is 3. The molecule has 0 fully saturated rings. The second-order valence-corrected chi connectivity index (χ2v) is 5.73. The molecule has 5 heteroatoms. The molecule has 0 bridgehead atoms. The van der Waals surface area contributed by atoms with Gasteiger partial charge in [-0.05, 0) is 51.7 Å². The first-order valence-electron chi connectivity index (χ1n) is 6.72. The topological polar surface area (TPSA) is 49.8 Å². The fourth-order valence-electron chi connectivity index (χ4n) is 2.30. The number of ether oxygens (including phenoxy) is 1. The number of aliphatic carboxylic acids is 1. The molecule has 1 aliphatic rings. The molecule has 1 aromatic carbocycles. The molecule has 1 aliphatic heterocycles. The van der Waals surface area contributed by atoms with Gasteiger partial charge >= 0.3 is 5.97 Å². The minimum Gasteiger partial charge on any atom is -0.478 e. The van der Waals surface area contributed by atoms with E-state index in [9.17, 15) is 4.79 Å². The van der Waals surface area contributed by atoms with Crippen molar-refractivity contribution in [1.29, 1.82) is 0 Å². The Balaban J connectivity index is 2.10. The lowest BCUT2D eigenvalue weighted by Gasteiger charge is -2.29. The third kappa shape index (κ3) is 4.44. The van der Waals surface area contributed by atoms with Crippen LogP contribution in [0.15, 0.2) is 40.4 Å². The van der Waals surface area contributed by atoms with Crippen molar-refractivity contribution in [2.24, 2.45) is 0 Å². The van der Waals surface area contributed by atoms with E-state index in [2.05, 4.69) is 26.9 Å². The van der Waals surface area contributed by atoms with Crippen LogP contribution >= 0.6 is 15.9 Å². The van der Waals surface area contributed by atoms with Crippen LogP contribution in [-0.2, 0) is 9.53 Å². The Labute approximate surface area is 132 Å². The smallest absolute Gasteiger partial charge is 0.328 e. The van der Waals surface area contributed by atoms with Gasteiger partial charge < -0.3 is 14.7 Å². The monoisotopic (exact) mass is 351 g/mol. The molecular formula is C16H18BrNO3. The summed E-state index contributed by atoms with van der Waals surface area (Å²) < 4.78 is 6.13. The molecule has 2 rings (SSSR count). The number of carboxylic acids is 1. The summed E-state index contributed by atoms with van der Waals surface area (Å²) in [6.07, 6.45) is 5.93. The highest BCUT2D eigenvalue weighted by Crippen LogP contribution is 2.29. The molecule has 21 heavy (non-hydrogen) atoms. The molecule has 1 aromatic rings. The van der Waals surface area contributed by atoms with Gasteiger partial charge in [0.05, 0.1) is 12.3 Å². The number of halogens is 1. The molecule has 0 aromatic heterocycles. The molecular weight excluding hydrogens is 334 g/mol. The van der Waals surface area contributed by atoms with Gasteiger partial charge in [0.1, 0.15) is 0 Å². The standard InChI is InChI=1S/C16H18BrNO3/c1-21-11-13-6-8-18(9-7-13)15-4-2-12(10-14(15)17)3-5-16(19)20/h2-6,10H,7-9,11H2,1H3,(H,19,20)/b5-3+. The zero-order valence-corrected chi connectivity index (χ0v) is 13.5. The minimum absolute atomic E-state index is 0.702. The van der Waals surface area contributed by atoms with Gasteiger partial charge in [0.15, 0.2) is 0 Å². The third-order valence-electron chi connectivity index (χ3n) is 3.36. The average molecular weight is 352 g/mol. The van der Waals surface area contributed by atoms with E-state index in [0.717, 1.165) is 41.3 Å². The number of carbonyl (C=O) groups is 1. The highest BCUT2D eigenvalue weighted by atomic mass is 79.9. The quantitative estimate of drug-likeness (QED) is 0.652. The van der Waals surface area contributed by atoms with Crippen molar-refractivity contribution in [3.05, 3.63) is 46.0 Å². The van der Waals surface area contributed by atoms with Crippen LogP contribution in [0, 0.1) is 0 Å². The van der Waals surface area contributed by atoms with E-state index in [1.807, 2.05) is 18.2 Å². The van der Waals surface area contributed by atoms with E-state index < -0.39 is 5.97 Å². The van der Waals surface area contributed by atoms with Gasteiger partial charge in [-0.25, -0.2) is 4.79 Å². The molecule has 0 unspecified atom stereocenters. The van der Waals surface area contributed by atoms with Gasteiger partial charge in [-0.2, -0.15) is 0 Å². The second kappa shape index (κ2) is 7.43. The average Bonchev–Trinajstić information content (AvgIpc) is 2.47. The van der Waals surface area contributed by atoms with Gasteiger partial charge in [0.2, 0.25) is 0 Å². The Hall–Kier alpha value is -1.59. The van der Waals surface area contributed by atoms with E-state index in [4.69, 9.17) is 9.84 Å². The first-order valence-corrected chi connectivity index (χ1v) is 7.52. The largest absolute Gasteiger partial charge is 0.478 e. The number of nitrogens with zero attached hydrogens (tertiary/aromatic N) is 1. The molecule has 0 atom stereocenters. The molecule has 0 aliphatic carbocycles. The van der Waals surface area contributed by atoms with Gasteiger partial charge in [-0.3, -0.25) is 0 Å². The van der Waals surface area contributed by atoms with Crippen molar-refractivity contribution in [3.8, 4) is 0 Å². The molecule has 112 valence electrons. The van der Waals surface area contributed by atoms with Crippen molar-refractivity contribution in [2.75, 3.05) is 31.7 Å². The summed E-state index contributed by atoms with van der Waals surface area (Å²) in [5, 5.41) is 8.65. The van der Waals surface area contributed by atoms with Crippen LogP contribution < -0.4 is 4.90 Å². The third-order valence-corrected chi connectivity index (χ3v) is 4.00. The molecule has 0 spiro atoms. The van der Waals surface area contributed by atoms with Crippen LogP contribution in [0.25, 0.3) is 6.08 Å². The predicted octanol–water partition coefficient (Wildman–Crippen LogP) is 3.33. The van der Waals surface area contributed by atoms with Crippen LogP contribution in [0.3, 0.4) is 0 Å². The van der Waals surface area contributed by atoms with Crippen LogP contribution in [0.5, 0.6) is 0 Å². The molecule has 0 radical (unpaired) electrons.